The smallest absolute Gasteiger partial charge is 0.337 e. The van der Waals surface area contributed by atoms with Crippen LogP contribution in [-0.4, -0.2) is 63.0 Å². The molecular weight excluding hydrogens is 300 g/mol. The summed E-state index contributed by atoms with van der Waals surface area (Å²) >= 11 is 0. The molecule has 2 amide bonds. The number of aromatic nitrogens is 2. The van der Waals surface area contributed by atoms with Crippen LogP contribution in [0.2, 0.25) is 0 Å². The van der Waals surface area contributed by atoms with E-state index in [1.54, 1.807) is 0 Å². The van der Waals surface area contributed by atoms with Gasteiger partial charge in [-0.05, 0) is 0 Å². The molecule has 1 aliphatic rings. The summed E-state index contributed by atoms with van der Waals surface area (Å²) < 4.78 is 10.6. The Morgan fingerprint density at radius 1 is 1.27 bits per heavy atom. The minimum Gasteiger partial charge on any atom is -0.467 e. The van der Waals surface area contributed by atoms with E-state index in [-0.39, 0.29) is 0 Å². The zero-order chi connectivity index (χ0) is 16.6. The van der Waals surface area contributed by atoms with E-state index in [2.05, 4.69) is 9.72 Å². The van der Waals surface area contributed by atoms with Crippen LogP contribution in [0, 0.1) is 0 Å². The van der Waals surface area contributed by atoms with E-state index in [1.807, 2.05) is 0 Å². The molecule has 0 spiro atoms. The Balaban J connectivity index is 2.43. The lowest BCUT2D eigenvalue weighted by atomic mass is 10.1. The molecule has 0 unspecified atom stereocenters. The van der Waals surface area contributed by atoms with Gasteiger partial charge in [-0.15, -0.1) is 0 Å². The summed E-state index contributed by atoms with van der Waals surface area (Å²) in [5.41, 5.74) is 9.42. The number of methoxy groups -OCH3 is 1. The minimum absolute atomic E-state index is 0.408. The molecule has 0 saturated carbocycles. The number of imidazole rings is 1. The molecule has 1 fully saturated rings. The van der Waals surface area contributed by atoms with Crippen molar-refractivity contribution in [2.75, 3.05) is 7.11 Å². The molecule has 1 saturated heterocycles. The van der Waals surface area contributed by atoms with Gasteiger partial charge < -0.3 is 31.2 Å². The summed E-state index contributed by atoms with van der Waals surface area (Å²) in [6, 6.07) is 0. The van der Waals surface area contributed by atoms with E-state index in [1.165, 1.54) is 0 Å². The van der Waals surface area contributed by atoms with Crippen molar-refractivity contribution in [2.24, 2.45) is 11.5 Å². The fraction of sp³-hybridized carbons (Fsp3) is 0.455. The van der Waals surface area contributed by atoms with E-state index in [0.29, 0.717) is 0 Å². The Morgan fingerprint density at radius 3 is 2.41 bits per heavy atom. The number of primary amides is 2. The number of carbonyl (C=O) groups is 3. The number of ether oxygens (including phenoxy) is 2. The molecule has 2 rings (SSSR count). The predicted molar refractivity (Wildman–Crippen MR) is 67.2 cm³/mol. The van der Waals surface area contributed by atoms with Crippen molar-refractivity contribution >= 4 is 17.8 Å². The largest absolute Gasteiger partial charge is 0.467 e. The van der Waals surface area contributed by atoms with E-state index < -0.39 is 53.7 Å². The van der Waals surface area contributed by atoms with Gasteiger partial charge in [-0.25, -0.2) is 9.78 Å². The maximum Gasteiger partial charge on any atom is 0.337 e. The average Bonchev–Trinajstić information content (AvgIpc) is 3.01. The second kappa shape index (κ2) is 5.71. The number of nitrogens with two attached hydrogens (primary N) is 2. The van der Waals surface area contributed by atoms with Gasteiger partial charge in [0.05, 0.1) is 13.4 Å². The van der Waals surface area contributed by atoms with Crippen molar-refractivity contribution in [3.05, 3.63) is 17.7 Å². The van der Waals surface area contributed by atoms with Gasteiger partial charge in [-0.1, -0.05) is 0 Å². The van der Waals surface area contributed by atoms with Crippen LogP contribution in [0.15, 0.2) is 6.33 Å². The predicted octanol–water partition coefficient (Wildman–Crippen LogP) is -3.13. The Morgan fingerprint density at radius 2 is 1.91 bits per heavy atom. The number of hydrogen-bond acceptors (Lipinski definition) is 8. The van der Waals surface area contributed by atoms with E-state index >= 15 is 0 Å². The molecule has 22 heavy (non-hydrogen) atoms. The fourth-order valence-electron chi connectivity index (χ4n) is 2.18. The molecule has 2 heterocycles. The second-order valence-electron chi connectivity index (χ2n) is 4.53. The van der Waals surface area contributed by atoms with Crippen molar-refractivity contribution in [3.8, 4) is 0 Å². The first-order chi connectivity index (χ1) is 10.3. The van der Waals surface area contributed by atoms with Gasteiger partial charge in [0.2, 0.25) is 0 Å². The van der Waals surface area contributed by atoms with E-state index in [0.717, 1.165) is 18.0 Å². The molecule has 11 nitrogen and oxygen atoms in total. The van der Waals surface area contributed by atoms with Crippen LogP contribution >= 0.6 is 0 Å². The Bertz CT molecular complexity index is 628. The van der Waals surface area contributed by atoms with Gasteiger partial charge in [0.25, 0.3) is 11.8 Å². The molecule has 120 valence electrons. The molecule has 6 N–H and O–H groups in total. The molecule has 11 heteroatoms. The number of aliphatic hydroxyl groups excluding tert-OH is 2. The summed E-state index contributed by atoms with van der Waals surface area (Å²) in [4.78, 5) is 37.8. The second-order valence-corrected chi connectivity index (χ2v) is 4.53. The first-order valence-corrected chi connectivity index (χ1v) is 6.05. The summed E-state index contributed by atoms with van der Waals surface area (Å²) in [6.45, 7) is 0. The van der Waals surface area contributed by atoms with Crippen molar-refractivity contribution in [1.82, 2.24) is 9.55 Å². The first kappa shape index (κ1) is 15.9. The average molecular weight is 314 g/mol. The van der Waals surface area contributed by atoms with Crippen LogP contribution in [0.25, 0.3) is 0 Å². The monoisotopic (exact) mass is 314 g/mol. The van der Waals surface area contributed by atoms with Crippen LogP contribution in [-0.2, 0) is 14.3 Å². The third-order valence-electron chi connectivity index (χ3n) is 3.21. The Labute approximate surface area is 123 Å². The number of hydrogen-bond donors (Lipinski definition) is 4. The molecule has 1 aromatic heterocycles. The number of aliphatic hydroxyl groups is 2. The van der Waals surface area contributed by atoms with Gasteiger partial charge in [-0.3, -0.25) is 14.2 Å². The standard InChI is InChI=1S/C11H14N4O7/c1-21-11(20)7-5(16)6(17)10(22-7)15-2-14-3(8(12)18)4(15)9(13)19/h2,5-7,10,16-17H,1H3,(H2,12,18)(H2,13,19)/t5-,6+,7-,10+/m0/s1. The van der Waals surface area contributed by atoms with Crippen LogP contribution in [0.4, 0.5) is 0 Å². The lowest BCUT2D eigenvalue weighted by molar-refractivity contribution is -0.159. The molecule has 1 aromatic rings. The molecule has 1 aliphatic heterocycles. The maximum atomic E-state index is 11.5. The molecule has 0 aliphatic carbocycles. The van der Waals surface area contributed by atoms with Gasteiger partial charge in [0, 0.05) is 0 Å². The third kappa shape index (κ3) is 2.41. The third-order valence-corrected chi connectivity index (χ3v) is 3.21. The highest BCUT2D eigenvalue weighted by Gasteiger charge is 2.49. The number of carbonyl (C=O) groups excluding carboxylic acids is 3. The van der Waals surface area contributed by atoms with Gasteiger partial charge in [-0.2, -0.15) is 0 Å². The topological polar surface area (TPSA) is 180 Å². The van der Waals surface area contributed by atoms with Gasteiger partial charge >= 0.3 is 5.97 Å². The summed E-state index contributed by atoms with van der Waals surface area (Å²) in [7, 11) is 1.08. The molecule has 0 radical (unpaired) electrons. The molecule has 0 bridgehead atoms. The fourth-order valence-corrected chi connectivity index (χ4v) is 2.18. The number of amides is 2. The van der Waals surface area contributed by atoms with E-state index in [4.69, 9.17) is 16.2 Å². The van der Waals surface area contributed by atoms with Crippen molar-refractivity contribution in [3.63, 3.8) is 0 Å². The lowest BCUT2D eigenvalue weighted by Gasteiger charge is -2.17. The molecule has 4 atom stereocenters. The SMILES string of the molecule is COC(=O)[C@H]1O[C@@H](n2cnc(C(N)=O)c2C(N)=O)[C@H](O)[C@@H]1O. The van der Waals surface area contributed by atoms with Gasteiger partial charge in [0.15, 0.2) is 18.0 Å². The van der Waals surface area contributed by atoms with Crippen LogP contribution in [0.5, 0.6) is 0 Å². The zero-order valence-corrected chi connectivity index (χ0v) is 11.4. The first-order valence-electron chi connectivity index (χ1n) is 6.05. The summed E-state index contributed by atoms with van der Waals surface area (Å²) in [5, 5.41) is 19.8. The lowest BCUT2D eigenvalue weighted by Crippen LogP contribution is -2.36. The minimum atomic E-state index is -1.60. The highest BCUT2D eigenvalue weighted by Crippen LogP contribution is 2.31. The van der Waals surface area contributed by atoms with Crippen molar-refractivity contribution in [2.45, 2.75) is 24.5 Å². The normalized spacial score (nSPS) is 27.6. The molecular formula is C11H14N4O7. The highest BCUT2D eigenvalue weighted by molar-refractivity contribution is 6.03. The van der Waals surface area contributed by atoms with Crippen molar-refractivity contribution in [1.29, 1.82) is 0 Å². The van der Waals surface area contributed by atoms with Crippen LogP contribution in [0.3, 0.4) is 0 Å². The van der Waals surface area contributed by atoms with E-state index in [9.17, 15) is 24.6 Å². The summed E-state index contributed by atoms with van der Waals surface area (Å²) in [5.74, 6) is -2.96. The Kier molecular flexibility index (Phi) is 4.12. The highest BCUT2D eigenvalue weighted by atomic mass is 16.6. The number of nitrogens with zero attached hydrogens (tertiary/aromatic N) is 2. The Hall–Kier alpha value is -2.50. The van der Waals surface area contributed by atoms with Crippen molar-refractivity contribution < 1.29 is 34.1 Å². The molecule has 0 aromatic carbocycles. The maximum absolute atomic E-state index is 11.5. The summed E-state index contributed by atoms with van der Waals surface area (Å²) in [6.07, 6.45) is -5.04. The number of esters is 1. The van der Waals surface area contributed by atoms with Crippen LogP contribution < -0.4 is 11.5 Å². The van der Waals surface area contributed by atoms with Gasteiger partial charge in [0.1, 0.15) is 17.9 Å². The van der Waals surface area contributed by atoms with Crippen LogP contribution in [0.1, 0.15) is 27.2 Å². The number of rotatable bonds is 4. The quantitative estimate of drug-likeness (QED) is 0.421. The zero-order valence-electron chi connectivity index (χ0n) is 11.4.